The third-order valence-electron chi connectivity index (χ3n) is 3.29. The fourth-order valence-corrected chi connectivity index (χ4v) is 3.48. The first-order valence-electron chi connectivity index (χ1n) is 7.23. The largest absolute Gasteiger partial charge is 0.373 e. The number of aryl methyl sites for hydroxylation is 1. The van der Waals surface area contributed by atoms with Gasteiger partial charge in [-0.25, -0.2) is 9.97 Å². The molecule has 0 aliphatic carbocycles. The number of nitrogens with zero attached hydrogens (tertiary/aromatic N) is 2. The van der Waals surface area contributed by atoms with Gasteiger partial charge < -0.3 is 10.6 Å². The van der Waals surface area contributed by atoms with Crippen molar-refractivity contribution in [1.82, 2.24) is 9.97 Å². The first-order chi connectivity index (χ1) is 9.31. The van der Waals surface area contributed by atoms with Gasteiger partial charge in [-0.2, -0.15) is 11.8 Å². The molecule has 0 saturated carbocycles. The van der Waals surface area contributed by atoms with Crippen LogP contribution in [0.4, 0.5) is 11.6 Å². The van der Waals surface area contributed by atoms with Crippen LogP contribution in [0.15, 0.2) is 6.07 Å². The van der Waals surface area contributed by atoms with Gasteiger partial charge in [-0.3, -0.25) is 0 Å². The molecule has 0 aromatic carbocycles. The molecular formula is C14H24N4S. The van der Waals surface area contributed by atoms with Crippen LogP contribution in [-0.4, -0.2) is 34.6 Å². The standard InChI is InChI=1S/C14H24N4S/c1-3-6-12-17-13(15-2)9-14(18-12)16-10-11-7-4-5-8-19-11/h9,11H,3-8,10H2,1-2H3,(H2,15,16,17,18). The summed E-state index contributed by atoms with van der Waals surface area (Å²) in [5.74, 6) is 4.08. The first-order valence-corrected chi connectivity index (χ1v) is 8.28. The molecule has 0 bridgehead atoms. The number of aromatic nitrogens is 2. The fourth-order valence-electron chi connectivity index (χ4n) is 2.24. The minimum absolute atomic E-state index is 0.733. The zero-order valence-electron chi connectivity index (χ0n) is 11.9. The second-order valence-electron chi connectivity index (χ2n) is 4.92. The number of nitrogens with one attached hydrogen (secondary N) is 2. The Labute approximate surface area is 120 Å². The van der Waals surface area contributed by atoms with Crippen LogP contribution in [0.2, 0.25) is 0 Å². The molecule has 2 heterocycles. The van der Waals surface area contributed by atoms with Gasteiger partial charge in [0.05, 0.1) is 0 Å². The highest BCUT2D eigenvalue weighted by molar-refractivity contribution is 7.99. The van der Waals surface area contributed by atoms with Crippen molar-refractivity contribution in [2.45, 2.75) is 44.3 Å². The average molecular weight is 280 g/mol. The van der Waals surface area contributed by atoms with Crippen LogP contribution < -0.4 is 10.6 Å². The molecule has 1 saturated heterocycles. The van der Waals surface area contributed by atoms with Gasteiger partial charge in [-0.1, -0.05) is 13.3 Å². The van der Waals surface area contributed by atoms with Crippen molar-refractivity contribution in [3.63, 3.8) is 0 Å². The summed E-state index contributed by atoms with van der Waals surface area (Å²) >= 11 is 2.09. The van der Waals surface area contributed by atoms with Crippen molar-refractivity contribution in [1.29, 1.82) is 0 Å². The van der Waals surface area contributed by atoms with E-state index in [0.29, 0.717) is 0 Å². The molecule has 4 nitrogen and oxygen atoms in total. The van der Waals surface area contributed by atoms with E-state index in [1.54, 1.807) is 0 Å². The van der Waals surface area contributed by atoms with E-state index in [1.807, 2.05) is 13.1 Å². The molecule has 1 fully saturated rings. The molecule has 5 heteroatoms. The molecule has 19 heavy (non-hydrogen) atoms. The van der Waals surface area contributed by atoms with Gasteiger partial charge in [0.15, 0.2) is 0 Å². The van der Waals surface area contributed by atoms with Gasteiger partial charge in [0.1, 0.15) is 17.5 Å². The summed E-state index contributed by atoms with van der Waals surface area (Å²) in [6, 6.07) is 1.99. The third kappa shape index (κ3) is 4.56. The number of thioether (sulfide) groups is 1. The van der Waals surface area contributed by atoms with E-state index in [2.05, 4.69) is 39.3 Å². The lowest BCUT2D eigenvalue weighted by Crippen LogP contribution is -2.20. The van der Waals surface area contributed by atoms with E-state index >= 15 is 0 Å². The lowest BCUT2D eigenvalue weighted by Gasteiger charge is -2.21. The van der Waals surface area contributed by atoms with E-state index in [9.17, 15) is 0 Å². The van der Waals surface area contributed by atoms with Crippen molar-refractivity contribution in [2.75, 3.05) is 30.0 Å². The highest BCUT2D eigenvalue weighted by Crippen LogP contribution is 2.25. The van der Waals surface area contributed by atoms with Gasteiger partial charge in [-0.05, 0) is 25.0 Å². The summed E-state index contributed by atoms with van der Waals surface area (Å²) in [6.07, 6.45) is 6.07. The average Bonchev–Trinajstić information content (AvgIpc) is 2.46. The van der Waals surface area contributed by atoms with Crippen LogP contribution in [-0.2, 0) is 6.42 Å². The lowest BCUT2D eigenvalue weighted by molar-refractivity contribution is 0.676. The van der Waals surface area contributed by atoms with Crippen LogP contribution in [0.3, 0.4) is 0 Å². The van der Waals surface area contributed by atoms with Gasteiger partial charge in [0, 0.05) is 31.3 Å². The summed E-state index contributed by atoms with van der Waals surface area (Å²) in [7, 11) is 1.90. The minimum atomic E-state index is 0.733. The summed E-state index contributed by atoms with van der Waals surface area (Å²) in [5.41, 5.74) is 0. The molecule has 1 aromatic heterocycles. The van der Waals surface area contributed by atoms with Crippen LogP contribution >= 0.6 is 11.8 Å². The minimum Gasteiger partial charge on any atom is -0.373 e. The summed E-state index contributed by atoms with van der Waals surface area (Å²) < 4.78 is 0. The van der Waals surface area contributed by atoms with Crippen LogP contribution in [0.1, 0.15) is 38.4 Å². The smallest absolute Gasteiger partial charge is 0.133 e. The number of rotatable bonds is 6. The Kier molecular flexibility index (Phi) is 5.76. The van der Waals surface area contributed by atoms with E-state index in [4.69, 9.17) is 0 Å². The molecule has 1 aromatic rings. The summed E-state index contributed by atoms with van der Waals surface area (Å²) in [4.78, 5) is 9.05. The molecule has 0 radical (unpaired) electrons. The molecule has 1 aliphatic heterocycles. The van der Waals surface area contributed by atoms with Gasteiger partial charge in [0.2, 0.25) is 0 Å². The zero-order valence-corrected chi connectivity index (χ0v) is 12.7. The highest BCUT2D eigenvalue weighted by atomic mass is 32.2. The van der Waals surface area contributed by atoms with E-state index < -0.39 is 0 Å². The first kappa shape index (κ1) is 14.4. The van der Waals surface area contributed by atoms with E-state index in [1.165, 1.54) is 25.0 Å². The van der Waals surface area contributed by atoms with Crippen molar-refractivity contribution >= 4 is 23.4 Å². The number of anilines is 2. The molecule has 1 atom stereocenters. The van der Waals surface area contributed by atoms with Crippen molar-refractivity contribution in [2.24, 2.45) is 0 Å². The molecule has 1 unspecified atom stereocenters. The summed E-state index contributed by atoms with van der Waals surface area (Å²) in [6.45, 7) is 3.16. The molecule has 0 amide bonds. The lowest BCUT2D eigenvalue weighted by atomic mass is 10.2. The second-order valence-corrected chi connectivity index (χ2v) is 6.33. The molecule has 0 spiro atoms. The maximum absolute atomic E-state index is 4.58. The zero-order chi connectivity index (χ0) is 13.5. The predicted molar refractivity (Wildman–Crippen MR) is 84.2 cm³/mol. The number of hydrogen-bond donors (Lipinski definition) is 2. The molecule has 106 valence electrons. The van der Waals surface area contributed by atoms with E-state index in [-0.39, 0.29) is 0 Å². The Hall–Kier alpha value is -0.970. The normalized spacial score (nSPS) is 19.2. The van der Waals surface area contributed by atoms with Crippen LogP contribution in [0, 0.1) is 0 Å². The molecular weight excluding hydrogens is 256 g/mol. The Bertz CT molecular complexity index is 391. The quantitative estimate of drug-likeness (QED) is 0.838. The third-order valence-corrected chi connectivity index (χ3v) is 4.69. The Balaban J connectivity index is 1.95. The van der Waals surface area contributed by atoms with Gasteiger partial charge >= 0.3 is 0 Å². The molecule has 2 rings (SSSR count). The van der Waals surface area contributed by atoms with Crippen LogP contribution in [0.5, 0.6) is 0 Å². The Morgan fingerprint density at radius 3 is 2.84 bits per heavy atom. The topological polar surface area (TPSA) is 49.8 Å². The SMILES string of the molecule is CCCc1nc(NC)cc(NCC2CCCCS2)n1. The number of hydrogen-bond acceptors (Lipinski definition) is 5. The van der Waals surface area contributed by atoms with Crippen molar-refractivity contribution < 1.29 is 0 Å². The monoisotopic (exact) mass is 280 g/mol. The Morgan fingerprint density at radius 1 is 1.32 bits per heavy atom. The van der Waals surface area contributed by atoms with E-state index in [0.717, 1.165) is 42.1 Å². The van der Waals surface area contributed by atoms with Gasteiger partial charge in [-0.15, -0.1) is 0 Å². The molecule has 1 aliphatic rings. The van der Waals surface area contributed by atoms with Crippen molar-refractivity contribution in [3.05, 3.63) is 11.9 Å². The Morgan fingerprint density at radius 2 is 2.16 bits per heavy atom. The molecule has 2 N–H and O–H groups in total. The maximum atomic E-state index is 4.58. The van der Waals surface area contributed by atoms with Crippen molar-refractivity contribution in [3.8, 4) is 0 Å². The second kappa shape index (κ2) is 7.58. The highest BCUT2D eigenvalue weighted by Gasteiger charge is 2.14. The summed E-state index contributed by atoms with van der Waals surface area (Å²) in [5, 5.41) is 7.32. The predicted octanol–water partition coefficient (Wildman–Crippen LogP) is 3.17. The fraction of sp³-hybridized carbons (Fsp3) is 0.714. The van der Waals surface area contributed by atoms with Gasteiger partial charge in [0.25, 0.3) is 0 Å². The van der Waals surface area contributed by atoms with Crippen LogP contribution in [0.25, 0.3) is 0 Å². The maximum Gasteiger partial charge on any atom is 0.133 e.